The fraction of sp³-hybridized carbons (Fsp3) is 0.414. The number of pyridine rings is 1. The van der Waals surface area contributed by atoms with Crippen molar-refractivity contribution in [3.05, 3.63) is 70.3 Å². The van der Waals surface area contributed by atoms with Gasteiger partial charge in [0.2, 0.25) is 0 Å². The molecule has 9 nitrogen and oxygen atoms in total. The van der Waals surface area contributed by atoms with Crippen molar-refractivity contribution in [3.8, 4) is 0 Å². The van der Waals surface area contributed by atoms with Crippen LogP contribution >= 0.6 is 11.6 Å². The number of amides is 1. The van der Waals surface area contributed by atoms with Crippen LogP contribution in [-0.4, -0.2) is 68.6 Å². The van der Waals surface area contributed by atoms with Gasteiger partial charge in [-0.1, -0.05) is 31.5 Å². The van der Waals surface area contributed by atoms with Gasteiger partial charge in [-0.2, -0.15) is 13.2 Å². The largest absolute Gasteiger partial charge is 0.481 e. The molecule has 1 saturated heterocycles. The van der Waals surface area contributed by atoms with E-state index in [-0.39, 0.29) is 18.0 Å². The maximum Gasteiger partial charge on any atom is 0.417 e. The highest BCUT2D eigenvalue weighted by Crippen LogP contribution is 2.44. The molecular weight excluding hydrogens is 573 g/mol. The van der Waals surface area contributed by atoms with E-state index < -0.39 is 33.7 Å². The normalized spacial score (nSPS) is 17.8. The van der Waals surface area contributed by atoms with Gasteiger partial charge in [0.05, 0.1) is 34.4 Å². The average Bonchev–Trinajstić information content (AvgIpc) is 3.17. The van der Waals surface area contributed by atoms with Crippen molar-refractivity contribution >= 4 is 40.8 Å². The highest BCUT2D eigenvalue weighted by molar-refractivity contribution is 6.31. The van der Waals surface area contributed by atoms with Crippen molar-refractivity contribution in [1.82, 2.24) is 19.9 Å². The molecule has 0 atom stereocenters. The van der Waals surface area contributed by atoms with E-state index in [1.807, 2.05) is 27.7 Å². The number of carbonyl (C=O) groups excluding carboxylic acids is 1. The number of fused-ring (bicyclic) bond motifs is 1. The third kappa shape index (κ3) is 5.59. The quantitative estimate of drug-likeness (QED) is 0.417. The first-order chi connectivity index (χ1) is 19.6. The number of carbonyl (C=O) groups is 2. The van der Waals surface area contributed by atoms with Gasteiger partial charge in [0.15, 0.2) is 5.82 Å². The molecule has 0 radical (unpaired) electrons. The summed E-state index contributed by atoms with van der Waals surface area (Å²) < 4.78 is 39.7. The number of benzene rings is 1. The minimum Gasteiger partial charge on any atom is -0.481 e. The van der Waals surface area contributed by atoms with Crippen molar-refractivity contribution in [2.45, 2.75) is 51.2 Å². The molecule has 3 aromatic rings. The first-order valence-corrected chi connectivity index (χ1v) is 13.7. The van der Waals surface area contributed by atoms with Crippen molar-refractivity contribution in [3.63, 3.8) is 0 Å². The van der Waals surface area contributed by atoms with E-state index in [9.17, 15) is 22.8 Å². The van der Waals surface area contributed by atoms with E-state index in [0.29, 0.717) is 54.8 Å². The van der Waals surface area contributed by atoms with Crippen LogP contribution in [0.4, 0.5) is 30.5 Å². The number of rotatable bonds is 5. The van der Waals surface area contributed by atoms with Gasteiger partial charge in [-0.15, -0.1) is 0 Å². The van der Waals surface area contributed by atoms with Crippen LogP contribution in [0.1, 0.15) is 55.0 Å². The van der Waals surface area contributed by atoms with Crippen LogP contribution in [0.2, 0.25) is 5.02 Å². The Morgan fingerprint density at radius 2 is 1.76 bits per heavy atom. The SMILES string of the molecule is CC1(C)CN(c2ccc(C(F)(F)F)c(Cl)c2)c2ncc(C(=O)N3CCN(c4ccc(CC(=O)O)cn4)CC3(C)C)nc21. The fourth-order valence-corrected chi connectivity index (χ4v) is 5.83. The molecule has 5 rings (SSSR count). The monoisotopic (exact) mass is 602 g/mol. The summed E-state index contributed by atoms with van der Waals surface area (Å²) in [7, 11) is 0. The molecule has 1 fully saturated rings. The second kappa shape index (κ2) is 10.4. The summed E-state index contributed by atoms with van der Waals surface area (Å²) >= 11 is 5.98. The van der Waals surface area contributed by atoms with Gasteiger partial charge < -0.3 is 19.8 Å². The molecule has 1 N–H and O–H groups in total. The maximum absolute atomic E-state index is 13.7. The van der Waals surface area contributed by atoms with E-state index in [1.54, 1.807) is 28.1 Å². The number of carboxylic acid groups (broad SMARTS) is 1. The summed E-state index contributed by atoms with van der Waals surface area (Å²) in [6, 6.07) is 7.11. The molecule has 1 aromatic carbocycles. The maximum atomic E-state index is 13.7. The van der Waals surface area contributed by atoms with Crippen LogP contribution in [0.15, 0.2) is 42.7 Å². The Morgan fingerprint density at radius 3 is 2.36 bits per heavy atom. The highest BCUT2D eigenvalue weighted by atomic mass is 35.5. The summed E-state index contributed by atoms with van der Waals surface area (Å²) in [5.74, 6) is -0.0280. The van der Waals surface area contributed by atoms with Gasteiger partial charge in [0.1, 0.15) is 11.5 Å². The molecule has 1 amide bonds. The lowest BCUT2D eigenvalue weighted by Gasteiger charge is -2.47. The van der Waals surface area contributed by atoms with Crippen LogP contribution in [-0.2, 0) is 22.8 Å². The van der Waals surface area contributed by atoms with E-state index in [4.69, 9.17) is 21.7 Å². The number of aromatic nitrogens is 3. The Bertz CT molecular complexity index is 1540. The first kappa shape index (κ1) is 29.6. The van der Waals surface area contributed by atoms with Gasteiger partial charge in [-0.3, -0.25) is 9.59 Å². The van der Waals surface area contributed by atoms with Gasteiger partial charge in [0.25, 0.3) is 5.91 Å². The lowest BCUT2D eigenvalue weighted by molar-refractivity contribution is -0.138. The van der Waals surface area contributed by atoms with Gasteiger partial charge >= 0.3 is 12.1 Å². The van der Waals surface area contributed by atoms with Crippen molar-refractivity contribution in [2.75, 3.05) is 36.0 Å². The van der Waals surface area contributed by atoms with Crippen LogP contribution in [0, 0.1) is 0 Å². The lowest BCUT2D eigenvalue weighted by Crippen LogP contribution is -2.61. The number of piperazine rings is 1. The van der Waals surface area contributed by atoms with Crippen LogP contribution < -0.4 is 9.80 Å². The first-order valence-electron chi connectivity index (χ1n) is 13.3. The molecule has 0 spiro atoms. The van der Waals surface area contributed by atoms with Gasteiger partial charge in [-0.05, 0) is 43.7 Å². The third-order valence-electron chi connectivity index (χ3n) is 7.63. The third-order valence-corrected chi connectivity index (χ3v) is 7.94. The number of carboxylic acids is 1. The molecule has 2 aliphatic heterocycles. The second-order valence-electron chi connectivity index (χ2n) is 11.8. The Balaban J connectivity index is 1.36. The molecular formula is C29H30ClF3N6O3. The van der Waals surface area contributed by atoms with E-state index in [2.05, 4.69) is 14.9 Å². The molecule has 0 unspecified atom stereocenters. The van der Waals surface area contributed by atoms with Crippen LogP contribution in [0.5, 0.6) is 0 Å². The Morgan fingerprint density at radius 1 is 1.02 bits per heavy atom. The Kier molecular flexibility index (Phi) is 7.33. The predicted octanol–water partition coefficient (Wildman–Crippen LogP) is 5.34. The summed E-state index contributed by atoms with van der Waals surface area (Å²) in [5.41, 5.74) is -0.214. The molecule has 2 aliphatic rings. The molecule has 0 bridgehead atoms. The van der Waals surface area contributed by atoms with Crippen molar-refractivity contribution in [2.24, 2.45) is 0 Å². The Labute approximate surface area is 245 Å². The number of alkyl halides is 3. The minimum atomic E-state index is -4.56. The molecule has 4 heterocycles. The highest BCUT2D eigenvalue weighted by Gasteiger charge is 2.42. The summed E-state index contributed by atoms with van der Waals surface area (Å²) in [6.45, 7) is 9.61. The van der Waals surface area contributed by atoms with Crippen molar-refractivity contribution in [1.29, 1.82) is 0 Å². The van der Waals surface area contributed by atoms with Crippen LogP contribution in [0.25, 0.3) is 0 Å². The van der Waals surface area contributed by atoms with Crippen LogP contribution in [0.3, 0.4) is 0 Å². The minimum absolute atomic E-state index is 0.102. The molecule has 222 valence electrons. The topological polar surface area (TPSA) is 103 Å². The van der Waals surface area contributed by atoms with Crippen molar-refractivity contribution < 1.29 is 27.9 Å². The number of halogens is 4. The zero-order chi connectivity index (χ0) is 30.6. The summed E-state index contributed by atoms with van der Waals surface area (Å²) in [5, 5.41) is 8.59. The molecule has 0 saturated carbocycles. The number of hydrogen-bond acceptors (Lipinski definition) is 7. The average molecular weight is 603 g/mol. The number of hydrogen-bond donors (Lipinski definition) is 1. The molecule has 42 heavy (non-hydrogen) atoms. The number of nitrogens with zero attached hydrogens (tertiary/aromatic N) is 6. The van der Waals surface area contributed by atoms with E-state index >= 15 is 0 Å². The Hall–Kier alpha value is -3.93. The standard InChI is InChI=1S/C29H30ClF3N6O3/c1-27(2)15-38(18-6-7-19(20(30)12-18)29(31,32)33)25-24(27)36-21(14-35-25)26(42)39-10-9-37(16-28(39,3)4)22-8-5-17(13-34-22)11-23(40)41/h5-8,12-14H,9-11,15-16H2,1-4H3,(H,40,41). The summed E-state index contributed by atoms with van der Waals surface area (Å²) in [4.78, 5) is 44.0. The van der Waals surface area contributed by atoms with E-state index in [1.165, 1.54) is 18.3 Å². The lowest BCUT2D eigenvalue weighted by atomic mass is 9.92. The predicted molar refractivity (Wildman–Crippen MR) is 151 cm³/mol. The summed E-state index contributed by atoms with van der Waals surface area (Å²) in [6.07, 6.45) is -1.70. The second-order valence-corrected chi connectivity index (χ2v) is 12.3. The smallest absolute Gasteiger partial charge is 0.417 e. The van der Waals surface area contributed by atoms with E-state index in [0.717, 1.165) is 6.07 Å². The molecule has 13 heteroatoms. The fourth-order valence-electron chi connectivity index (χ4n) is 5.55. The zero-order valence-electron chi connectivity index (χ0n) is 23.5. The van der Waals surface area contributed by atoms with Gasteiger partial charge in [0, 0.05) is 43.5 Å². The van der Waals surface area contributed by atoms with Gasteiger partial charge in [-0.25, -0.2) is 15.0 Å². The molecule has 2 aromatic heterocycles. The number of anilines is 3. The molecule has 0 aliphatic carbocycles. The number of aliphatic carboxylic acids is 1. The zero-order valence-corrected chi connectivity index (χ0v) is 24.3.